The van der Waals surface area contributed by atoms with Crippen LogP contribution in [0.3, 0.4) is 0 Å². The highest BCUT2D eigenvalue weighted by Crippen LogP contribution is 2.24. The molecule has 0 radical (unpaired) electrons. The Labute approximate surface area is 96.5 Å². The van der Waals surface area contributed by atoms with Gasteiger partial charge in [-0.25, -0.2) is 0 Å². The number of carbonyl (C=O) groups excluding carboxylic acids is 1. The first-order chi connectivity index (χ1) is 7.56. The lowest BCUT2D eigenvalue weighted by atomic mass is 10.1. The Hall–Kier alpha value is -1.62. The van der Waals surface area contributed by atoms with Gasteiger partial charge in [0.05, 0.1) is 0 Å². The number of aromatic nitrogens is 1. The maximum absolute atomic E-state index is 11.9. The first kappa shape index (κ1) is 10.9. The van der Waals surface area contributed by atoms with E-state index in [1.807, 2.05) is 12.3 Å². The molecule has 0 saturated heterocycles. The van der Waals surface area contributed by atoms with Crippen molar-refractivity contribution < 1.29 is 4.79 Å². The molecule has 2 heterocycles. The number of carbonyl (C=O) groups is 1. The van der Waals surface area contributed by atoms with Crippen LogP contribution in [0.25, 0.3) is 10.2 Å². The van der Waals surface area contributed by atoms with Gasteiger partial charge in [-0.05, 0) is 23.9 Å². The second-order valence-electron chi connectivity index (χ2n) is 3.64. The van der Waals surface area contributed by atoms with E-state index in [2.05, 4.69) is 5.32 Å². The van der Waals surface area contributed by atoms with E-state index in [1.54, 1.807) is 13.1 Å². The summed E-state index contributed by atoms with van der Waals surface area (Å²) in [6.07, 6.45) is 0. The molecule has 2 aromatic heterocycles. The van der Waals surface area contributed by atoms with Crippen LogP contribution in [-0.4, -0.2) is 17.5 Å². The Kier molecular flexibility index (Phi) is 2.55. The van der Waals surface area contributed by atoms with Gasteiger partial charge in [-0.2, -0.15) is 0 Å². The molecule has 0 saturated carbocycles. The van der Waals surface area contributed by atoms with Gasteiger partial charge in [-0.15, -0.1) is 11.3 Å². The summed E-state index contributed by atoms with van der Waals surface area (Å²) >= 11 is 1.51. The molecule has 84 valence electrons. The predicted octanol–water partition coefficient (Wildman–Crippen LogP) is 1.27. The van der Waals surface area contributed by atoms with Crippen LogP contribution >= 0.6 is 11.3 Å². The van der Waals surface area contributed by atoms with Gasteiger partial charge in [0.2, 0.25) is 0 Å². The average molecular weight is 236 g/mol. The molecule has 2 aromatic rings. The van der Waals surface area contributed by atoms with E-state index >= 15 is 0 Å². The van der Waals surface area contributed by atoms with Crippen molar-refractivity contribution in [3.05, 3.63) is 32.9 Å². The predicted molar refractivity (Wildman–Crippen MR) is 65.2 cm³/mol. The topological polar surface area (TPSA) is 51.1 Å². The van der Waals surface area contributed by atoms with Gasteiger partial charge in [-0.1, -0.05) is 0 Å². The minimum Gasteiger partial charge on any atom is -0.355 e. The first-order valence-electron chi connectivity index (χ1n) is 4.86. The molecule has 2 rings (SSSR count). The molecule has 0 unspecified atom stereocenters. The Morgan fingerprint density at radius 1 is 1.50 bits per heavy atom. The monoisotopic (exact) mass is 236 g/mol. The fourth-order valence-electron chi connectivity index (χ4n) is 1.65. The van der Waals surface area contributed by atoms with Crippen LogP contribution in [0, 0.1) is 6.92 Å². The van der Waals surface area contributed by atoms with Crippen LogP contribution in [0.1, 0.15) is 15.9 Å². The summed E-state index contributed by atoms with van der Waals surface area (Å²) < 4.78 is 1.53. The minimum absolute atomic E-state index is 0.194. The van der Waals surface area contributed by atoms with E-state index in [9.17, 15) is 9.59 Å². The lowest BCUT2D eigenvalue weighted by Crippen LogP contribution is -2.29. The summed E-state index contributed by atoms with van der Waals surface area (Å²) in [5, 5.41) is 5.42. The van der Waals surface area contributed by atoms with Crippen molar-refractivity contribution in [2.75, 3.05) is 7.05 Å². The van der Waals surface area contributed by atoms with Crippen LogP contribution < -0.4 is 10.9 Å². The number of pyridine rings is 1. The van der Waals surface area contributed by atoms with E-state index in [0.29, 0.717) is 0 Å². The molecule has 0 aliphatic heterocycles. The van der Waals surface area contributed by atoms with Gasteiger partial charge in [0.15, 0.2) is 0 Å². The zero-order valence-electron chi connectivity index (χ0n) is 9.33. The number of nitrogens with one attached hydrogen (secondary N) is 1. The van der Waals surface area contributed by atoms with E-state index in [4.69, 9.17) is 0 Å². The van der Waals surface area contributed by atoms with Crippen molar-refractivity contribution in [2.45, 2.75) is 6.92 Å². The molecule has 16 heavy (non-hydrogen) atoms. The number of thiophene rings is 1. The van der Waals surface area contributed by atoms with Gasteiger partial charge in [0.1, 0.15) is 10.4 Å². The summed E-state index contributed by atoms with van der Waals surface area (Å²) in [6.45, 7) is 1.97. The Balaban J connectivity index is 2.87. The van der Waals surface area contributed by atoms with Crippen LogP contribution in [-0.2, 0) is 7.05 Å². The van der Waals surface area contributed by atoms with Crippen molar-refractivity contribution in [3.8, 4) is 0 Å². The Morgan fingerprint density at radius 3 is 2.81 bits per heavy atom. The van der Waals surface area contributed by atoms with E-state index in [0.717, 1.165) is 15.8 Å². The van der Waals surface area contributed by atoms with Gasteiger partial charge >= 0.3 is 0 Å². The smallest absolute Gasteiger partial charge is 0.264 e. The van der Waals surface area contributed by atoms with Crippen molar-refractivity contribution in [3.63, 3.8) is 0 Å². The van der Waals surface area contributed by atoms with Gasteiger partial charge in [0, 0.05) is 19.5 Å². The standard InChI is InChI=1S/C11H12N2O2S/c1-6-5-16-11-7(6)4-8(9(14)12-2)10(15)13(11)3/h4-5H,1-3H3,(H,12,14). The number of aryl methyl sites for hydroxylation is 2. The maximum Gasteiger partial charge on any atom is 0.264 e. The van der Waals surface area contributed by atoms with Crippen LogP contribution in [0.4, 0.5) is 0 Å². The summed E-state index contributed by atoms with van der Waals surface area (Å²) in [5.41, 5.74) is 1.02. The van der Waals surface area contributed by atoms with Crippen molar-refractivity contribution >= 4 is 27.5 Å². The van der Waals surface area contributed by atoms with E-state index in [1.165, 1.54) is 23.0 Å². The minimum atomic E-state index is -0.340. The highest BCUT2D eigenvalue weighted by Gasteiger charge is 2.14. The molecule has 0 aromatic carbocycles. The lowest BCUT2D eigenvalue weighted by molar-refractivity contribution is 0.0961. The fraction of sp³-hybridized carbons (Fsp3) is 0.273. The number of hydrogen-bond donors (Lipinski definition) is 1. The first-order valence-corrected chi connectivity index (χ1v) is 5.74. The SMILES string of the molecule is CNC(=O)c1cc2c(C)csc2n(C)c1=O. The quantitative estimate of drug-likeness (QED) is 0.810. The molecule has 0 atom stereocenters. The summed E-state index contributed by atoms with van der Waals surface area (Å²) in [5.74, 6) is -0.340. The van der Waals surface area contributed by atoms with Gasteiger partial charge in [0.25, 0.3) is 11.5 Å². The van der Waals surface area contributed by atoms with E-state index in [-0.39, 0.29) is 17.0 Å². The second kappa shape index (κ2) is 3.75. The summed E-state index contributed by atoms with van der Waals surface area (Å²) in [6, 6.07) is 1.67. The molecule has 0 bridgehead atoms. The third-order valence-corrected chi connectivity index (χ3v) is 3.79. The molecular formula is C11H12N2O2S. The zero-order chi connectivity index (χ0) is 11.9. The molecule has 4 nitrogen and oxygen atoms in total. The largest absolute Gasteiger partial charge is 0.355 e. The third-order valence-electron chi connectivity index (χ3n) is 2.60. The molecule has 1 amide bonds. The molecule has 0 fully saturated rings. The van der Waals surface area contributed by atoms with Crippen molar-refractivity contribution in [2.24, 2.45) is 7.05 Å². The molecule has 0 aliphatic carbocycles. The Bertz CT molecular complexity index is 625. The number of fused-ring (bicyclic) bond motifs is 1. The summed E-state index contributed by atoms with van der Waals surface area (Å²) in [4.78, 5) is 24.3. The number of hydrogen-bond acceptors (Lipinski definition) is 3. The Morgan fingerprint density at radius 2 is 2.19 bits per heavy atom. The van der Waals surface area contributed by atoms with Crippen molar-refractivity contribution in [1.82, 2.24) is 9.88 Å². The zero-order valence-corrected chi connectivity index (χ0v) is 10.1. The molecule has 0 aliphatic rings. The third kappa shape index (κ3) is 1.44. The molecule has 0 spiro atoms. The molecule has 5 heteroatoms. The number of amides is 1. The molecular weight excluding hydrogens is 224 g/mol. The maximum atomic E-state index is 11.9. The lowest BCUT2D eigenvalue weighted by Gasteiger charge is -2.04. The van der Waals surface area contributed by atoms with E-state index < -0.39 is 0 Å². The summed E-state index contributed by atoms with van der Waals surface area (Å²) in [7, 11) is 3.21. The second-order valence-corrected chi connectivity index (χ2v) is 4.50. The number of nitrogens with zero attached hydrogens (tertiary/aromatic N) is 1. The van der Waals surface area contributed by atoms with Crippen molar-refractivity contribution in [1.29, 1.82) is 0 Å². The van der Waals surface area contributed by atoms with Crippen LogP contribution in [0.2, 0.25) is 0 Å². The fourth-order valence-corrected chi connectivity index (χ4v) is 2.65. The number of rotatable bonds is 1. The van der Waals surface area contributed by atoms with Gasteiger partial charge < -0.3 is 9.88 Å². The normalized spacial score (nSPS) is 10.7. The van der Waals surface area contributed by atoms with Gasteiger partial charge in [-0.3, -0.25) is 9.59 Å². The van der Waals surface area contributed by atoms with Crippen LogP contribution in [0.5, 0.6) is 0 Å². The average Bonchev–Trinajstić information content (AvgIpc) is 2.64. The highest BCUT2D eigenvalue weighted by molar-refractivity contribution is 7.17. The highest BCUT2D eigenvalue weighted by atomic mass is 32.1. The molecule has 1 N–H and O–H groups in total. The van der Waals surface area contributed by atoms with Crippen LogP contribution in [0.15, 0.2) is 16.2 Å².